The molecule has 2 N–H and O–H groups in total. The van der Waals surface area contributed by atoms with Gasteiger partial charge in [-0.2, -0.15) is 17.9 Å². The number of amides is 2. The van der Waals surface area contributed by atoms with Crippen molar-refractivity contribution in [3.05, 3.63) is 30.1 Å². The molecule has 0 bridgehead atoms. The molecular weight excluding hydrogens is 363 g/mol. The van der Waals surface area contributed by atoms with E-state index in [4.69, 9.17) is 0 Å². The summed E-state index contributed by atoms with van der Waals surface area (Å²) in [6.07, 6.45) is -3.56. The molecule has 2 aromatic rings. The molecule has 1 aromatic heterocycles. The van der Waals surface area contributed by atoms with Gasteiger partial charge in [-0.1, -0.05) is 6.07 Å². The van der Waals surface area contributed by atoms with Gasteiger partial charge in [0.1, 0.15) is 0 Å². The third-order valence-corrected chi connectivity index (χ3v) is 4.30. The maximum atomic E-state index is 12.4. The van der Waals surface area contributed by atoms with Crippen LogP contribution in [0.25, 0.3) is 5.69 Å². The fraction of sp³-hybridized carbons (Fsp3) is 0.500. The van der Waals surface area contributed by atoms with Gasteiger partial charge in [0.2, 0.25) is 0 Å². The van der Waals surface area contributed by atoms with Gasteiger partial charge >= 0.3 is 12.2 Å². The largest absolute Gasteiger partial charge is 0.401 e. The Balaban J connectivity index is 1.48. The average Bonchev–Trinajstić information content (AvgIpc) is 3.20. The molecule has 1 aromatic carbocycles. The van der Waals surface area contributed by atoms with Gasteiger partial charge in [0.25, 0.3) is 0 Å². The number of nitrogens with one attached hydrogen (secondary N) is 2. The van der Waals surface area contributed by atoms with Gasteiger partial charge in [0.15, 0.2) is 5.82 Å². The number of nitrogens with zero attached hydrogens (tertiary/aromatic N) is 5. The lowest BCUT2D eigenvalue weighted by Crippen LogP contribution is -2.36. The molecule has 2 amide bonds. The fourth-order valence-corrected chi connectivity index (χ4v) is 3.07. The second kappa shape index (κ2) is 7.91. The number of likely N-dealkylation sites (tertiary alicyclic amines) is 1. The molecular formula is C16H20F3N7O. The molecule has 1 aliphatic rings. The number of anilines is 1. The fourth-order valence-electron chi connectivity index (χ4n) is 3.07. The number of aryl methyl sites for hydroxylation is 1. The molecule has 0 spiro atoms. The highest BCUT2D eigenvalue weighted by molar-refractivity contribution is 5.89. The highest BCUT2D eigenvalue weighted by Gasteiger charge is 2.34. The first-order chi connectivity index (χ1) is 12.8. The minimum atomic E-state index is -4.19. The zero-order chi connectivity index (χ0) is 19.4. The van der Waals surface area contributed by atoms with Crippen molar-refractivity contribution in [2.75, 3.05) is 31.5 Å². The van der Waals surface area contributed by atoms with Crippen LogP contribution in [-0.4, -0.2) is 63.5 Å². The maximum Gasteiger partial charge on any atom is 0.401 e. The SMILES string of the molecule is Cc1nnnn1-c1cccc(NC(=O)NCC2CCN(CC(F)(F)F)C2)c1. The third-order valence-electron chi connectivity index (χ3n) is 4.30. The highest BCUT2D eigenvalue weighted by atomic mass is 19.4. The van der Waals surface area contributed by atoms with E-state index in [0.717, 1.165) is 0 Å². The quantitative estimate of drug-likeness (QED) is 0.824. The first-order valence-electron chi connectivity index (χ1n) is 8.49. The van der Waals surface area contributed by atoms with Gasteiger partial charge in [-0.05, 0) is 54.4 Å². The van der Waals surface area contributed by atoms with Gasteiger partial charge in [-0.3, -0.25) is 4.90 Å². The van der Waals surface area contributed by atoms with E-state index in [1.165, 1.54) is 9.58 Å². The lowest BCUT2D eigenvalue weighted by Gasteiger charge is -2.18. The first-order valence-corrected chi connectivity index (χ1v) is 8.49. The summed E-state index contributed by atoms with van der Waals surface area (Å²) in [6, 6.07) is 6.61. The van der Waals surface area contributed by atoms with Crippen LogP contribution >= 0.6 is 0 Å². The normalized spacial score (nSPS) is 17.9. The van der Waals surface area contributed by atoms with E-state index in [0.29, 0.717) is 43.3 Å². The molecule has 1 saturated heterocycles. The molecule has 146 valence electrons. The Morgan fingerprint density at radius 1 is 1.37 bits per heavy atom. The van der Waals surface area contributed by atoms with Crippen molar-refractivity contribution in [2.45, 2.75) is 19.5 Å². The summed E-state index contributed by atoms with van der Waals surface area (Å²) in [7, 11) is 0. The standard InChI is InChI=1S/C16H20F3N7O/c1-11-22-23-24-26(11)14-4-2-3-13(7-14)21-15(27)20-8-12-5-6-25(9-12)10-16(17,18)19/h2-4,7,12H,5-6,8-10H2,1H3,(H2,20,21,27). The van der Waals surface area contributed by atoms with E-state index in [2.05, 4.69) is 26.2 Å². The molecule has 2 heterocycles. The summed E-state index contributed by atoms with van der Waals surface area (Å²) >= 11 is 0. The van der Waals surface area contributed by atoms with Gasteiger partial charge in [0.05, 0.1) is 12.2 Å². The van der Waals surface area contributed by atoms with Crippen molar-refractivity contribution in [1.29, 1.82) is 0 Å². The number of benzene rings is 1. The van der Waals surface area contributed by atoms with E-state index in [9.17, 15) is 18.0 Å². The van der Waals surface area contributed by atoms with Crippen molar-refractivity contribution < 1.29 is 18.0 Å². The minimum absolute atomic E-state index is 0.00769. The Morgan fingerprint density at radius 3 is 2.89 bits per heavy atom. The number of rotatable bonds is 5. The van der Waals surface area contributed by atoms with Crippen molar-refractivity contribution in [2.24, 2.45) is 5.92 Å². The number of carbonyl (C=O) groups excluding carboxylic acids is 1. The van der Waals surface area contributed by atoms with Crippen LogP contribution in [0.2, 0.25) is 0 Å². The summed E-state index contributed by atoms with van der Waals surface area (Å²) in [5.74, 6) is 0.620. The number of urea groups is 1. The second-order valence-electron chi connectivity index (χ2n) is 6.53. The maximum absolute atomic E-state index is 12.4. The minimum Gasteiger partial charge on any atom is -0.338 e. The van der Waals surface area contributed by atoms with Gasteiger partial charge in [0, 0.05) is 18.8 Å². The van der Waals surface area contributed by atoms with Crippen molar-refractivity contribution in [3.63, 3.8) is 0 Å². The molecule has 27 heavy (non-hydrogen) atoms. The first kappa shape index (κ1) is 19.1. The molecule has 1 unspecified atom stereocenters. The van der Waals surface area contributed by atoms with Crippen LogP contribution in [0.5, 0.6) is 0 Å². The van der Waals surface area contributed by atoms with Crippen molar-refractivity contribution in [3.8, 4) is 5.69 Å². The monoisotopic (exact) mass is 383 g/mol. The summed E-state index contributed by atoms with van der Waals surface area (Å²) < 4.78 is 38.8. The van der Waals surface area contributed by atoms with E-state index in [-0.39, 0.29) is 5.92 Å². The Kier molecular flexibility index (Phi) is 5.59. The highest BCUT2D eigenvalue weighted by Crippen LogP contribution is 2.22. The van der Waals surface area contributed by atoms with Gasteiger partial charge in [-0.15, -0.1) is 5.10 Å². The molecule has 1 atom stereocenters. The number of alkyl halides is 3. The van der Waals surface area contributed by atoms with Crippen LogP contribution in [0.4, 0.5) is 23.7 Å². The van der Waals surface area contributed by atoms with E-state index < -0.39 is 18.8 Å². The van der Waals surface area contributed by atoms with Crippen molar-refractivity contribution in [1.82, 2.24) is 30.4 Å². The Bertz CT molecular complexity index is 792. The van der Waals surface area contributed by atoms with Crippen LogP contribution in [0, 0.1) is 12.8 Å². The molecule has 1 aliphatic heterocycles. The lowest BCUT2D eigenvalue weighted by atomic mass is 10.1. The summed E-state index contributed by atoms with van der Waals surface area (Å²) in [5.41, 5.74) is 1.26. The molecule has 3 rings (SSSR count). The average molecular weight is 383 g/mol. The molecule has 1 fully saturated rings. The zero-order valence-electron chi connectivity index (χ0n) is 14.7. The number of halogens is 3. The van der Waals surface area contributed by atoms with E-state index in [1.54, 1.807) is 31.2 Å². The van der Waals surface area contributed by atoms with Crippen molar-refractivity contribution >= 4 is 11.7 Å². The van der Waals surface area contributed by atoms with E-state index >= 15 is 0 Å². The molecule has 0 saturated carbocycles. The number of hydrogen-bond donors (Lipinski definition) is 2. The van der Waals surface area contributed by atoms with E-state index in [1.807, 2.05) is 0 Å². The second-order valence-corrected chi connectivity index (χ2v) is 6.53. The van der Waals surface area contributed by atoms with Gasteiger partial charge < -0.3 is 10.6 Å². The van der Waals surface area contributed by atoms with Crippen LogP contribution in [0.15, 0.2) is 24.3 Å². The van der Waals surface area contributed by atoms with Crippen LogP contribution < -0.4 is 10.6 Å². The number of carbonyl (C=O) groups is 1. The van der Waals surface area contributed by atoms with Gasteiger partial charge in [-0.25, -0.2) is 4.79 Å². The molecule has 0 radical (unpaired) electrons. The molecule has 11 heteroatoms. The lowest BCUT2D eigenvalue weighted by molar-refractivity contribution is -0.143. The number of hydrogen-bond acceptors (Lipinski definition) is 5. The summed E-state index contributed by atoms with van der Waals surface area (Å²) in [4.78, 5) is 13.4. The Morgan fingerprint density at radius 2 is 2.19 bits per heavy atom. The molecule has 8 nitrogen and oxygen atoms in total. The van der Waals surface area contributed by atoms with Crippen LogP contribution in [0.1, 0.15) is 12.2 Å². The molecule has 0 aliphatic carbocycles. The Hall–Kier alpha value is -2.69. The zero-order valence-corrected chi connectivity index (χ0v) is 14.7. The topological polar surface area (TPSA) is 88.0 Å². The van der Waals surface area contributed by atoms with Crippen LogP contribution in [-0.2, 0) is 0 Å². The predicted molar refractivity (Wildman–Crippen MR) is 91.5 cm³/mol. The number of tetrazole rings is 1. The smallest absolute Gasteiger partial charge is 0.338 e. The summed E-state index contributed by atoms with van der Waals surface area (Å²) in [6.45, 7) is 1.90. The Labute approximate surface area is 153 Å². The third kappa shape index (κ3) is 5.39. The summed E-state index contributed by atoms with van der Waals surface area (Å²) in [5, 5.41) is 16.7. The number of aromatic nitrogens is 4. The van der Waals surface area contributed by atoms with Crippen LogP contribution in [0.3, 0.4) is 0 Å². The predicted octanol–water partition coefficient (Wildman–Crippen LogP) is 1.98.